The van der Waals surface area contributed by atoms with Crippen molar-refractivity contribution in [1.82, 2.24) is 9.97 Å². The molecular formula is C11H8ClN2S. The molecule has 0 amide bonds. The van der Waals surface area contributed by atoms with Gasteiger partial charge in [-0.1, -0.05) is 11.6 Å². The van der Waals surface area contributed by atoms with E-state index in [-0.39, 0.29) is 0 Å². The van der Waals surface area contributed by atoms with Crippen LogP contribution in [0.5, 0.6) is 0 Å². The van der Waals surface area contributed by atoms with Crippen LogP contribution in [0, 0.1) is 6.20 Å². The maximum Gasteiger partial charge on any atom is 0.170 e. The van der Waals surface area contributed by atoms with E-state index >= 15 is 0 Å². The third-order valence-corrected chi connectivity index (χ3v) is 3.75. The maximum absolute atomic E-state index is 5.88. The van der Waals surface area contributed by atoms with Crippen molar-refractivity contribution >= 4 is 22.9 Å². The fourth-order valence-electron chi connectivity index (χ4n) is 1.79. The second-order valence-electron chi connectivity index (χ2n) is 3.54. The van der Waals surface area contributed by atoms with Crippen LogP contribution >= 0.6 is 22.9 Å². The van der Waals surface area contributed by atoms with Crippen LogP contribution in [0.1, 0.15) is 17.7 Å². The Bertz CT molecular complexity index is 507. The molecule has 0 unspecified atom stereocenters. The van der Waals surface area contributed by atoms with Crippen LogP contribution in [-0.4, -0.2) is 9.97 Å². The minimum atomic E-state index is 0.757. The molecule has 2 aromatic heterocycles. The van der Waals surface area contributed by atoms with Crippen LogP contribution in [0.2, 0.25) is 4.34 Å². The SMILES string of the molecule is Clc1ccc(-c2n[c]c3c(n2)CCC3)s1. The highest BCUT2D eigenvalue weighted by Gasteiger charge is 2.15. The van der Waals surface area contributed by atoms with Crippen molar-refractivity contribution in [3.8, 4) is 10.7 Å². The number of nitrogens with zero attached hydrogens (tertiary/aromatic N) is 2. The zero-order valence-corrected chi connectivity index (χ0v) is 9.53. The summed E-state index contributed by atoms with van der Waals surface area (Å²) in [5, 5.41) is 0. The molecular weight excluding hydrogens is 228 g/mol. The Labute approximate surface area is 97.0 Å². The largest absolute Gasteiger partial charge is 0.232 e. The molecule has 0 atom stereocenters. The topological polar surface area (TPSA) is 25.8 Å². The number of hydrogen-bond donors (Lipinski definition) is 0. The number of aryl methyl sites for hydroxylation is 2. The molecule has 0 N–H and O–H groups in total. The van der Waals surface area contributed by atoms with E-state index in [0.717, 1.165) is 33.6 Å². The number of rotatable bonds is 1. The van der Waals surface area contributed by atoms with Crippen molar-refractivity contribution in [1.29, 1.82) is 0 Å². The van der Waals surface area contributed by atoms with E-state index in [4.69, 9.17) is 11.6 Å². The molecule has 3 rings (SSSR count). The van der Waals surface area contributed by atoms with Crippen LogP contribution in [0.25, 0.3) is 10.7 Å². The normalized spacial score (nSPS) is 14.2. The van der Waals surface area contributed by atoms with Gasteiger partial charge >= 0.3 is 0 Å². The Balaban J connectivity index is 2.06. The molecule has 2 nitrogen and oxygen atoms in total. The van der Waals surface area contributed by atoms with Gasteiger partial charge < -0.3 is 0 Å². The number of thiophene rings is 1. The van der Waals surface area contributed by atoms with E-state index in [1.54, 1.807) is 0 Å². The summed E-state index contributed by atoms with van der Waals surface area (Å²) in [7, 11) is 0. The standard InChI is InChI=1S/C11H8ClN2S/c12-10-5-4-9(15-10)11-13-6-7-2-1-3-8(7)14-11/h4-5H,1-3H2. The second kappa shape index (κ2) is 3.58. The van der Waals surface area contributed by atoms with E-state index < -0.39 is 0 Å². The van der Waals surface area contributed by atoms with Gasteiger partial charge in [0, 0.05) is 11.3 Å². The Hall–Kier alpha value is -0.930. The lowest BCUT2D eigenvalue weighted by molar-refractivity contribution is 0.900. The van der Waals surface area contributed by atoms with Crippen LogP contribution in [0.4, 0.5) is 0 Å². The molecule has 0 fully saturated rings. The highest BCUT2D eigenvalue weighted by atomic mass is 35.5. The van der Waals surface area contributed by atoms with Crippen molar-refractivity contribution in [3.05, 3.63) is 33.9 Å². The summed E-state index contributed by atoms with van der Waals surface area (Å²) in [6, 6.07) is 3.83. The molecule has 2 aromatic rings. The fourth-order valence-corrected chi connectivity index (χ4v) is 2.77. The van der Waals surface area contributed by atoms with Gasteiger partial charge in [0.05, 0.1) is 15.4 Å². The fraction of sp³-hybridized carbons (Fsp3) is 0.273. The number of halogens is 1. The van der Waals surface area contributed by atoms with Gasteiger partial charge in [-0.15, -0.1) is 11.3 Å². The van der Waals surface area contributed by atoms with Gasteiger partial charge in [-0.3, -0.25) is 0 Å². The van der Waals surface area contributed by atoms with Gasteiger partial charge in [-0.25, -0.2) is 9.97 Å². The minimum Gasteiger partial charge on any atom is -0.232 e. The number of hydrogen-bond acceptors (Lipinski definition) is 3. The summed E-state index contributed by atoms with van der Waals surface area (Å²) in [5.41, 5.74) is 2.34. The number of aromatic nitrogens is 2. The summed E-state index contributed by atoms with van der Waals surface area (Å²) in [4.78, 5) is 9.82. The first-order chi connectivity index (χ1) is 7.33. The first-order valence-corrected chi connectivity index (χ1v) is 6.05. The predicted octanol–water partition coefficient (Wildman–Crippen LogP) is 3.15. The van der Waals surface area contributed by atoms with E-state index in [2.05, 4.69) is 16.2 Å². The van der Waals surface area contributed by atoms with Crippen molar-refractivity contribution in [2.75, 3.05) is 0 Å². The van der Waals surface area contributed by atoms with Crippen LogP contribution in [-0.2, 0) is 12.8 Å². The van der Waals surface area contributed by atoms with E-state index in [9.17, 15) is 0 Å². The van der Waals surface area contributed by atoms with Gasteiger partial charge in [-0.2, -0.15) is 0 Å². The maximum atomic E-state index is 5.88. The van der Waals surface area contributed by atoms with Crippen LogP contribution in [0.15, 0.2) is 12.1 Å². The van der Waals surface area contributed by atoms with Gasteiger partial charge in [0.2, 0.25) is 0 Å². The average molecular weight is 236 g/mol. The van der Waals surface area contributed by atoms with Crippen molar-refractivity contribution in [3.63, 3.8) is 0 Å². The summed E-state index contributed by atoms with van der Waals surface area (Å²) >= 11 is 7.39. The van der Waals surface area contributed by atoms with Gasteiger partial charge in [0.15, 0.2) is 5.82 Å². The molecule has 1 aliphatic carbocycles. The van der Waals surface area contributed by atoms with Crippen LogP contribution in [0.3, 0.4) is 0 Å². The Morgan fingerprint density at radius 2 is 2.27 bits per heavy atom. The third-order valence-electron chi connectivity index (χ3n) is 2.52. The molecule has 0 aliphatic heterocycles. The van der Waals surface area contributed by atoms with Crippen molar-refractivity contribution in [2.45, 2.75) is 19.3 Å². The first-order valence-electron chi connectivity index (χ1n) is 4.86. The summed E-state index contributed by atoms with van der Waals surface area (Å²) in [5.74, 6) is 0.757. The molecule has 1 radical (unpaired) electrons. The monoisotopic (exact) mass is 235 g/mol. The van der Waals surface area contributed by atoms with E-state index in [1.807, 2.05) is 12.1 Å². The van der Waals surface area contributed by atoms with Crippen molar-refractivity contribution < 1.29 is 0 Å². The smallest absolute Gasteiger partial charge is 0.170 e. The van der Waals surface area contributed by atoms with Gasteiger partial charge in [-0.05, 0) is 31.4 Å². The number of fused-ring (bicyclic) bond motifs is 1. The Kier molecular flexibility index (Phi) is 2.22. The zero-order valence-electron chi connectivity index (χ0n) is 7.96. The van der Waals surface area contributed by atoms with Gasteiger partial charge in [0.25, 0.3) is 0 Å². The first kappa shape index (κ1) is 9.31. The Morgan fingerprint density at radius 1 is 1.33 bits per heavy atom. The lowest BCUT2D eigenvalue weighted by Gasteiger charge is -1.99. The van der Waals surface area contributed by atoms with E-state index in [1.165, 1.54) is 23.3 Å². The second-order valence-corrected chi connectivity index (χ2v) is 5.26. The summed E-state index contributed by atoms with van der Waals surface area (Å²) in [6.45, 7) is 0. The molecule has 0 aromatic carbocycles. The predicted molar refractivity (Wildman–Crippen MR) is 61.2 cm³/mol. The molecule has 0 bridgehead atoms. The van der Waals surface area contributed by atoms with Crippen LogP contribution < -0.4 is 0 Å². The minimum absolute atomic E-state index is 0.757. The lowest BCUT2D eigenvalue weighted by atomic mass is 10.3. The third kappa shape index (κ3) is 1.66. The quantitative estimate of drug-likeness (QED) is 0.759. The molecule has 0 spiro atoms. The molecule has 2 heterocycles. The lowest BCUT2D eigenvalue weighted by Crippen LogP contribution is -1.94. The summed E-state index contributed by atoms with van der Waals surface area (Å²) in [6.07, 6.45) is 6.38. The molecule has 1 aliphatic rings. The highest BCUT2D eigenvalue weighted by molar-refractivity contribution is 7.19. The average Bonchev–Trinajstić information content (AvgIpc) is 2.84. The molecule has 4 heteroatoms. The van der Waals surface area contributed by atoms with Crippen molar-refractivity contribution in [2.24, 2.45) is 0 Å². The zero-order chi connectivity index (χ0) is 10.3. The summed E-state index contributed by atoms with van der Waals surface area (Å²) < 4.78 is 0.772. The van der Waals surface area contributed by atoms with E-state index in [0.29, 0.717) is 0 Å². The highest BCUT2D eigenvalue weighted by Crippen LogP contribution is 2.30. The molecule has 15 heavy (non-hydrogen) atoms. The molecule has 0 saturated heterocycles. The Morgan fingerprint density at radius 3 is 3.07 bits per heavy atom. The van der Waals surface area contributed by atoms with Gasteiger partial charge in [0.1, 0.15) is 0 Å². The molecule has 75 valence electrons. The molecule has 0 saturated carbocycles.